The lowest BCUT2D eigenvalue weighted by Gasteiger charge is -2.20. The van der Waals surface area contributed by atoms with Gasteiger partial charge in [-0.15, -0.1) is 6.58 Å². The molecular weight excluding hydrogens is 242 g/mol. The highest BCUT2D eigenvalue weighted by molar-refractivity contribution is 5.79. The maximum Gasteiger partial charge on any atom is 0.227 e. The van der Waals surface area contributed by atoms with E-state index in [2.05, 4.69) is 6.58 Å². The molecule has 4 heteroatoms. The van der Waals surface area contributed by atoms with Gasteiger partial charge in [-0.1, -0.05) is 18.2 Å². The zero-order valence-electron chi connectivity index (χ0n) is 11.3. The van der Waals surface area contributed by atoms with Crippen molar-refractivity contribution in [2.75, 3.05) is 26.3 Å². The van der Waals surface area contributed by atoms with Crippen molar-refractivity contribution in [1.82, 2.24) is 4.90 Å². The van der Waals surface area contributed by atoms with Crippen molar-refractivity contribution in [2.45, 2.75) is 13.3 Å². The molecule has 19 heavy (non-hydrogen) atoms. The highest BCUT2D eigenvalue weighted by Crippen LogP contribution is 2.13. The van der Waals surface area contributed by atoms with E-state index in [1.54, 1.807) is 11.0 Å². The molecule has 0 heterocycles. The zero-order valence-corrected chi connectivity index (χ0v) is 11.3. The number of aliphatic hydroxyl groups is 1. The van der Waals surface area contributed by atoms with Gasteiger partial charge in [0.1, 0.15) is 5.75 Å². The Morgan fingerprint density at radius 1 is 1.42 bits per heavy atom. The van der Waals surface area contributed by atoms with Crippen molar-refractivity contribution in [3.63, 3.8) is 0 Å². The fourth-order valence-electron chi connectivity index (χ4n) is 1.75. The van der Waals surface area contributed by atoms with Gasteiger partial charge in [-0.25, -0.2) is 0 Å². The van der Waals surface area contributed by atoms with E-state index in [9.17, 15) is 4.79 Å². The fourth-order valence-corrected chi connectivity index (χ4v) is 1.75. The monoisotopic (exact) mass is 263 g/mol. The summed E-state index contributed by atoms with van der Waals surface area (Å²) < 4.78 is 5.35. The summed E-state index contributed by atoms with van der Waals surface area (Å²) in [6.45, 7) is 6.92. The van der Waals surface area contributed by atoms with Gasteiger partial charge in [0.2, 0.25) is 5.91 Å². The largest absolute Gasteiger partial charge is 0.494 e. The first-order valence-corrected chi connectivity index (χ1v) is 6.42. The van der Waals surface area contributed by atoms with Crippen LogP contribution in [0.3, 0.4) is 0 Å². The van der Waals surface area contributed by atoms with Crippen LogP contribution >= 0.6 is 0 Å². The van der Waals surface area contributed by atoms with Gasteiger partial charge >= 0.3 is 0 Å². The Balaban J connectivity index is 2.61. The molecule has 0 saturated carbocycles. The number of carbonyl (C=O) groups is 1. The second kappa shape index (κ2) is 8.32. The Bertz CT molecular complexity index is 400. The van der Waals surface area contributed by atoms with Gasteiger partial charge in [-0.05, 0) is 24.6 Å². The van der Waals surface area contributed by atoms with Crippen LogP contribution in [-0.4, -0.2) is 42.2 Å². The summed E-state index contributed by atoms with van der Waals surface area (Å²) in [6, 6.07) is 7.48. The van der Waals surface area contributed by atoms with E-state index in [-0.39, 0.29) is 12.5 Å². The molecule has 0 fully saturated rings. The van der Waals surface area contributed by atoms with Crippen LogP contribution in [-0.2, 0) is 11.2 Å². The molecule has 1 aromatic rings. The number of carbonyl (C=O) groups excluding carboxylic acids is 1. The summed E-state index contributed by atoms with van der Waals surface area (Å²) >= 11 is 0. The van der Waals surface area contributed by atoms with E-state index >= 15 is 0 Å². The molecule has 0 bridgehead atoms. The Labute approximate surface area is 114 Å². The van der Waals surface area contributed by atoms with Crippen molar-refractivity contribution >= 4 is 5.91 Å². The number of benzene rings is 1. The summed E-state index contributed by atoms with van der Waals surface area (Å²) in [5.41, 5.74) is 0.931. The number of rotatable bonds is 8. The highest BCUT2D eigenvalue weighted by atomic mass is 16.5. The molecule has 0 saturated heterocycles. The third-order valence-corrected chi connectivity index (χ3v) is 2.66. The predicted octanol–water partition coefficient (Wildman–Crippen LogP) is 1.63. The van der Waals surface area contributed by atoms with Gasteiger partial charge in [0.15, 0.2) is 0 Å². The van der Waals surface area contributed by atoms with Crippen LogP contribution in [0.1, 0.15) is 12.5 Å². The lowest BCUT2D eigenvalue weighted by atomic mass is 10.1. The number of amides is 1. The molecule has 1 amide bonds. The zero-order chi connectivity index (χ0) is 14.1. The van der Waals surface area contributed by atoms with Crippen molar-refractivity contribution in [3.05, 3.63) is 42.5 Å². The van der Waals surface area contributed by atoms with Crippen LogP contribution in [0, 0.1) is 0 Å². The van der Waals surface area contributed by atoms with Crippen LogP contribution in [0.15, 0.2) is 36.9 Å². The van der Waals surface area contributed by atoms with Crippen molar-refractivity contribution in [3.8, 4) is 5.75 Å². The molecule has 4 nitrogen and oxygen atoms in total. The van der Waals surface area contributed by atoms with Gasteiger partial charge in [0.25, 0.3) is 0 Å². The van der Waals surface area contributed by atoms with Gasteiger partial charge in [0, 0.05) is 13.1 Å². The normalized spacial score (nSPS) is 10.0. The second-order valence-electron chi connectivity index (χ2n) is 4.11. The summed E-state index contributed by atoms with van der Waals surface area (Å²) in [7, 11) is 0. The average Bonchev–Trinajstić information content (AvgIpc) is 2.41. The quantitative estimate of drug-likeness (QED) is 0.725. The molecule has 0 aliphatic carbocycles. The molecule has 1 aromatic carbocycles. The van der Waals surface area contributed by atoms with E-state index in [1.807, 2.05) is 31.2 Å². The summed E-state index contributed by atoms with van der Waals surface area (Å²) in [5, 5.41) is 8.93. The van der Waals surface area contributed by atoms with Crippen LogP contribution in [0.25, 0.3) is 0 Å². The molecule has 0 aliphatic rings. The smallest absolute Gasteiger partial charge is 0.227 e. The van der Waals surface area contributed by atoms with E-state index in [1.165, 1.54) is 0 Å². The topological polar surface area (TPSA) is 49.8 Å². The van der Waals surface area contributed by atoms with Crippen molar-refractivity contribution < 1.29 is 14.6 Å². The minimum atomic E-state index is -0.0388. The van der Waals surface area contributed by atoms with E-state index in [0.29, 0.717) is 26.1 Å². The Hall–Kier alpha value is -1.81. The van der Waals surface area contributed by atoms with Crippen LogP contribution < -0.4 is 4.74 Å². The number of aliphatic hydroxyl groups excluding tert-OH is 1. The second-order valence-corrected chi connectivity index (χ2v) is 4.11. The molecule has 0 unspecified atom stereocenters. The standard InChI is InChI=1S/C15H21NO3/c1-3-9-16(10-11-17)15(18)12-13-5-7-14(8-6-13)19-4-2/h3,5-8,17H,1,4,9-12H2,2H3. The van der Waals surface area contributed by atoms with Crippen LogP contribution in [0.4, 0.5) is 0 Å². The Morgan fingerprint density at radius 3 is 2.63 bits per heavy atom. The molecular formula is C15H21NO3. The van der Waals surface area contributed by atoms with Gasteiger partial charge in [0.05, 0.1) is 19.6 Å². The number of hydrogen-bond donors (Lipinski definition) is 1. The SMILES string of the molecule is C=CCN(CCO)C(=O)Cc1ccc(OCC)cc1. The summed E-state index contributed by atoms with van der Waals surface area (Å²) in [4.78, 5) is 13.6. The third kappa shape index (κ3) is 5.14. The van der Waals surface area contributed by atoms with E-state index < -0.39 is 0 Å². The lowest BCUT2D eigenvalue weighted by molar-refractivity contribution is -0.130. The maximum absolute atomic E-state index is 12.0. The fraction of sp³-hybridized carbons (Fsp3) is 0.400. The molecule has 104 valence electrons. The molecule has 0 radical (unpaired) electrons. The maximum atomic E-state index is 12.0. The average molecular weight is 263 g/mol. The molecule has 0 aromatic heterocycles. The first kappa shape index (κ1) is 15.2. The van der Waals surface area contributed by atoms with Crippen molar-refractivity contribution in [1.29, 1.82) is 0 Å². The molecule has 0 atom stereocenters. The molecule has 1 N–H and O–H groups in total. The molecule has 1 rings (SSSR count). The number of hydrogen-bond acceptors (Lipinski definition) is 3. The summed E-state index contributed by atoms with van der Waals surface area (Å²) in [5.74, 6) is 0.787. The number of nitrogens with zero attached hydrogens (tertiary/aromatic N) is 1. The highest BCUT2D eigenvalue weighted by Gasteiger charge is 2.12. The molecule has 0 spiro atoms. The first-order chi connectivity index (χ1) is 9.21. The van der Waals surface area contributed by atoms with Gasteiger partial charge in [-0.2, -0.15) is 0 Å². The first-order valence-electron chi connectivity index (χ1n) is 6.42. The van der Waals surface area contributed by atoms with Crippen LogP contribution in [0.5, 0.6) is 5.75 Å². The molecule has 0 aliphatic heterocycles. The van der Waals surface area contributed by atoms with Gasteiger partial charge < -0.3 is 14.7 Å². The lowest BCUT2D eigenvalue weighted by Crippen LogP contribution is -2.34. The third-order valence-electron chi connectivity index (χ3n) is 2.66. The minimum Gasteiger partial charge on any atom is -0.494 e. The van der Waals surface area contributed by atoms with Gasteiger partial charge in [-0.3, -0.25) is 4.79 Å². The summed E-state index contributed by atoms with van der Waals surface area (Å²) in [6.07, 6.45) is 1.98. The minimum absolute atomic E-state index is 0.0156. The predicted molar refractivity (Wildman–Crippen MR) is 75.2 cm³/mol. The van der Waals surface area contributed by atoms with Crippen LogP contribution in [0.2, 0.25) is 0 Å². The number of ether oxygens (including phenoxy) is 1. The Morgan fingerprint density at radius 2 is 2.11 bits per heavy atom. The van der Waals surface area contributed by atoms with E-state index in [0.717, 1.165) is 11.3 Å². The van der Waals surface area contributed by atoms with Crippen molar-refractivity contribution in [2.24, 2.45) is 0 Å². The van der Waals surface area contributed by atoms with E-state index in [4.69, 9.17) is 9.84 Å². The Kier molecular flexibility index (Phi) is 6.68.